The lowest BCUT2D eigenvalue weighted by Gasteiger charge is -2.08. The van der Waals surface area contributed by atoms with Crippen LogP contribution >= 0.6 is 23.4 Å². The fraction of sp³-hybridized carbons (Fsp3) is 0.167. The standard InChI is InChI=1S/C18H16ClFN4OS/c1-12-5-6-15(8-16(12)19)24-11-22-23-18(24)26-10-17(25)21-9-13-3-2-4-14(20)7-13/h2-8,11H,9-10H2,1H3,(H,21,25). The van der Waals surface area contributed by atoms with Crippen molar-refractivity contribution < 1.29 is 9.18 Å². The quantitative estimate of drug-likeness (QED) is 0.651. The van der Waals surface area contributed by atoms with Crippen LogP contribution in [-0.4, -0.2) is 26.4 Å². The van der Waals surface area contributed by atoms with Gasteiger partial charge in [-0.3, -0.25) is 9.36 Å². The van der Waals surface area contributed by atoms with Gasteiger partial charge in [0.05, 0.1) is 11.4 Å². The Bertz CT molecular complexity index is 931. The molecule has 3 rings (SSSR count). The second-order valence-electron chi connectivity index (χ2n) is 5.61. The monoisotopic (exact) mass is 390 g/mol. The molecular formula is C18H16ClFN4OS. The zero-order valence-corrected chi connectivity index (χ0v) is 15.5. The first-order valence-electron chi connectivity index (χ1n) is 7.83. The molecule has 134 valence electrons. The van der Waals surface area contributed by atoms with Crippen LogP contribution in [0.3, 0.4) is 0 Å². The minimum absolute atomic E-state index is 0.171. The molecule has 1 aromatic heterocycles. The van der Waals surface area contributed by atoms with Crippen LogP contribution in [0.2, 0.25) is 5.02 Å². The van der Waals surface area contributed by atoms with E-state index in [1.54, 1.807) is 23.0 Å². The largest absolute Gasteiger partial charge is 0.351 e. The summed E-state index contributed by atoms with van der Waals surface area (Å²) in [5.74, 6) is -0.320. The lowest BCUT2D eigenvalue weighted by Crippen LogP contribution is -2.24. The summed E-state index contributed by atoms with van der Waals surface area (Å²) in [6.45, 7) is 2.20. The Labute approximate surface area is 159 Å². The summed E-state index contributed by atoms with van der Waals surface area (Å²) >= 11 is 7.43. The van der Waals surface area contributed by atoms with Crippen molar-refractivity contribution in [1.82, 2.24) is 20.1 Å². The molecule has 0 spiro atoms. The van der Waals surface area contributed by atoms with Crippen LogP contribution in [0, 0.1) is 12.7 Å². The Morgan fingerprint density at radius 2 is 2.15 bits per heavy atom. The number of amides is 1. The molecule has 1 N–H and O–H groups in total. The number of benzene rings is 2. The van der Waals surface area contributed by atoms with Crippen LogP contribution in [0.1, 0.15) is 11.1 Å². The van der Waals surface area contributed by atoms with Gasteiger partial charge < -0.3 is 5.32 Å². The predicted molar refractivity (Wildman–Crippen MR) is 100 cm³/mol. The van der Waals surface area contributed by atoms with Crippen molar-refractivity contribution in [2.75, 3.05) is 5.75 Å². The first-order chi connectivity index (χ1) is 12.5. The first-order valence-corrected chi connectivity index (χ1v) is 9.20. The fourth-order valence-electron chi connectivity index (χ4n) is 2.26. The van der Waals surface area contributed by atoms with Gasteiger partial charge in [-0.2, -0.15) is 0 Å². The van der Waals surface area contributed by atoms with E-state index < -0.39 is 0 Å². The summed E-state index contributed by atoms with van der Waals surface area (Å²) in [5, 5.41) is 12.0. The van der Waals surface area contributed by atoms with E-state index in [1.807, 2.05) is 25.1 Å². The Kier molecular flexibility index (Phi) is 5.90. The van der Waals surface area contributed by atoms with Gasteiger partial charge in [0, 0.05) is 11.6 Å². The number of carbonyl (C=O) groups excluding carboxylic acids is 1. The van der Waals surface area contributed by atoms with Crippen LogP contribution in [0.5, 0.6) is 0 Å². The van der Waals surface area contributed by atoms with Gasteiger partial charge in [0.15, 0.2) is 5.16 Å². The molecule has 5 nitrogen and oxygen atoms in total. The molecule has 2 aromatic carbocycles. The zero-order chi connectivity index (χ0) is 18.5. The maximum absolute atomic E-state index is 13.1. The van der Waals surface area contributed by atoms with Crippen molar-refractivity contribution in [3.05, 3.63) is 70.8 Å². The van der Waals surface area contributed by atoms with Crippen LogP contribution in [0.25, 0.3) is 5.69 Å². The van der Waals surface area contributed by atoms with Crippen molar-refractivity contribution >= 4 is 29.3 Å². The smallest absolute Gasteiger partial charge is 0.230 e. The number of nitrogens with one attached hydrogen (secondary N) is 1. The van der Waals surface area contributed by atoms with Crippen molar-refractivity contribution in [3.8, 4) is 5.69 Å². The summed E-state index contributed by atoms with van der Waals surface area (Å²) in [5.41, 5.74) is 2.52. The van der Waals surface area contributed by atoms with Crippen LogP contribution in [0.4, 0.5) is 4.39 Å². The molecule has 0 aliphatic rings. The van der Waals surface area contributed by atoms with E-state index in [0.717, 1.165) is 11.3 Å². The number of hydrogen-bond donors (Lipinski definition) is 1. The van der Waals surface area contributed by atoms with Crippen LogP contribution in [0.15, 0.2) is 53.9 Å². The molecule has 3 aromatic rings. The van der Waals surface area contributed by atoms with Gasteiger partial charge in [-0.05, 0) is 42.3 Å². The SMILES string of the molecule is Cc1ccc(-n2cnnc2SCC(=O)NCc2cccc(F)c2)cc1Cl. The third kappa shape index (κ3) is 4.62. The Morgan fingerprint density at radius 1 is 1.31 bits per heavy atom. The van der Waals surface area contributed by atoms with Crippen LogP contribution in [-0.2, 0) is 11.3 Å². The van der Waals surface area contributed by atoms with E-state index in [9.17, 15) is 9.18 Å². The van der Waals surface area contributed by atoms with Crippen LogP contribution < -0.4 is 5.32 Å². The number of halogens is 2. The molecule has 0 bridgehead atoms. The minimum Gasteiger partial charge on any atom is -0.351 e. The number of nitrogens with zero attached hydrogens (tertiary/aromatic N) is 3. The van der Waals surface area contributed by atoms with Crippen molar-refractivity contribution in [2.45, 2.75) is 18.6 Å². The van der Waals surface area contributed by atoms with Gasteiger partial charge in [-0.1, -0.05) is 41.6 Å². The van der Waals surface area contributed by atoms with Gasteiger partial charge in [-0.25, -0.2) is 4.39 Å². The Morgan fingerprint density at radius 3 is 2.92 bits per heavy atom. The van der Waals surface area contributed by atoms with E-state index >= 15 is 0 Å². The first kappa shape index (κ1) is 18.4. The highest BCUT2D eigenvalue weighted by Gasteiger charge is 2.11. The van der Waals surface area contributed by atoms with Gasteiger partial charge in [0.25, 0.3) is 0 Å². The van der Waals surface area contributed by atoms with Crippen molar-refractivity contribution in [3.63, 3.8) is 0 Å². The molecule has 0 saturated carbocycles. The Hall–Kier alpha value is -2.38. The van der Waals surface area contributed by atoms with E-state index in [1.165, 1.54) is 23.9 Å². The van der Waals surface area contributed by atoms with Gasteiger partial charge in [0.2, 0.25) is 5.91 Å². The molecule has 0 saturated heterocycles. The molecule has 0 aliphatic heterocycles. The average Bonchev–Trinajstić information content (AvgIpc) is 3.09. The van der Waals surface area contributed by atoms with Gasteiger partial charge in [-0.15, -0.1) is 10.2 Å². The maximum atomic E-state index is 13.1. The van der Waals surface area contributed by atoms with E-state index in [0.29, 0.717) is 15.7 Å². The summed E-state index contributed by atoms with van der Waals surface area (Å²) in [4.78, 5) is 12.0. The number of rotatable bonds is 6. The number of aryl methyl sites for hydroxylation is 1. The highest BCUT2D eigenvalue weighted by molar-refractivity contribution is 7.99. The molecule has 26 heavy (non-hydrogen) atoms. The number of aromatic nitrogens is 3. The van der Waals surface area contributed by atoms with E-state index in [2.05, 4.69) is 15.5 Å². The number of thioether (sulfide) groups is 1. The van der Waals surface area contributed by atoms with Gasteiger partial charge >= 0.3 is 0 Å². The molecule has 1 amide bonds. The summed E-state index contributed by atoms with van der Waals surface area (Å²) in [6, 6.07) is 11.8. The van der Waals surface area contributed by atoms with E-state index in [-0.39, 0.29) is 24.0 Å². The second-order valence-corrected chi connectivity index (χ2v) is 6.96. The third-order valence-electron chi connectivity index (χ3n) is 3.66. The topological polar surface area (TPSA) is 59.8 Å². The average molecular weight is 391 g/mol. The molecule has 1 heterocycles. The van der Waals surface area contributed by atoms with Crippen molar-refractivity contribution in [1.29, 1.82) is 0 Å². The zero-order valence-electron chi connectivity index (χ0n) is 13.9. The molecule has 0 fully saturated rings. The predicted octanol–water partition coefficient (Wildman–Crippen LogP) is 3.78. The maximum Gasteiger partial charge on any atom is 0.230 e. The highest BCUT2D eigenvalue weighted by Crippen LogP contribution is 2.23. The minimum atomic E-state index is -0.323. The molecule has 0 aliphatic carbocycles. The Balaban J connectivity index is 1.59. The molecule has 0 unspecified atom stereocenters. The lowest BCUT2D eigenvalue weighted by molar-refractivity contribution is -0.118. The fourth-order valence-corrected chi connectivity index (χ4v) is 3.19. The van der Waals surface area contributed by atoms with Crippen molar-refractivity contribution in [2.24, 2.45) is 0 Å². The summed E-state index contributed by atoms with van der Waals surface area (Å²) in [6.07, 6.45) is 1.58. The third-order valence-corrected chi connectivity index (χ3v) is 5.01. The normalized spacial score (nSPS) is 10.7. The summed E-state index contributed by atoms with van der Waals surface area (Å²) in [7, 11) is 0. The highest BCUT2D eigenvalue weighted by atomic mass is 35.5. The lowest BCUT2D eigenvalue weighted by atomic mass is 10.2. The number of carbonyl (C=O) groups is 1. The van der Waals surface area contributed by atoms with Gasteiger partial charge in [0.1, 0.15) is 12.1 Å². The van der Waals surface area contributed by atoms with E-state index in [4.69, 9.17) is 11.6 Å². The molecule has 8 heteroatoms. The second kappa shape index (κ2) is 8.33. The molecular weight excluding hydrogens is 375 g/mol. The number of hydrogen-bond acceptors (Lipinski definition) is 4. The summed E-state index contributed by atoms with van der Waals surface area (Å²) < 4.78 is 14.9. The molecule has 0 radical (unpaired) electrons. The molecule has 0 atom stereocenters.